The van der Waals surface area contributed by atoms with Gasteiger partial charge < -0.3 is 4.57 Å². The van der Waals surface area contributed by atoms with E-state index in [4.69, 9.17) is 0 Å². The van der Waals surface area contributed by atoms with Crippen molar-refractivity contribution >= 4 is 34.5 Å². The summed E-state index contributed by atoms with van der Waals surface area (Å²) in [5, 5.41) is 5.92. The smallest absolute Gasteiger partial charge is 0.260 e. The fraction of sp³-hybridized carbons (Fsp3) is 0.133. The average Bonchev–Trinajstić information content (AvgIpc) is 3.08. The number of imidazole rings is 1. The number of aryl methyl sites for hydroxylation is 1. The number of thiophene rings is 1. The zero-order valence-corrected chi connectivity index (χ0v) is 12.3. The topological polar surface area (TPSA) is 59.3 Å². The van der Waals surface area contributed by atoms with Crippen LogP contribution in [0.3, 0.4) is 0 Å². The molecule has 2 aromatic heterocycles. The van der Waals surface area contributed by atoms with Crippen LogP contribution in [0.25, 0.3) is 11.0 Å². The van der Waals surface area contributed by atoms with E-state index in [0.29, 0.717) is 0 Å². The maximum atomic E-state index is 12.0. The molecule has 0 atom stereocenters. The van der Waals surface area contributed by atoms with Crippen molar-refractivity contribution < 1.29 is 4.79 Å². The Kier molecular flexibility index (Phi) is 3.79. The van der Waals surface area contributed by atoms with Crippen LogP contribution >= 0.6 is 11.3 Å². The number of amides is 1. The molecule has 0 unspecified atom stereocenters. The van der Waals surface area contributed by atoms with Crippen molar-refractivity contribution in [3.63, 3.8) is 0 Å². The summed E-state index contributed by atoms with van der Waals surface area (Å²) >= 11 is 1.57. The van der Waals surface area contributed by atoms with Gasteiger partial charge in [-0.15, -0.1) is 11.3 Å². The highest BCUT2D eigenvalue weighted by Gasteiger charge is 2.09. The summed E-state index contributed by atoms with van der Waals surface area (Å²) in [5.74, 6) is 0.641. The van der Waals surface area contributed by atoms with Gasteiger partial charge in [-0.05, 0) is 30.5 Å². The SMILES string of the molecule is Cc1nc2ccccc2n1CC(=O)N/N=C/c1cccs1. The van der Waals surface area contributed by atoms with Crippen molar-refractivity contribution in [3.05, 3.63) is 52.5 Å². The predicted octanol–water partition coefficient (Wildman–Crippen LogP) is 2.56. The molecular weight excluding hydrogens is 284 g/mol. The van der Waals surface area contributed by atoms with Gasteiger partial charge in [0, 0.05) is 4.88 Å². The molecule has 0 aliphatic rings. The fourth-order valence-corrected chi connectivity index (χ4v) is 2.69. The van der Waals surface area contributed by atoms with Gasteiger partial charge in [-0.1, -0.05) is 18.2 Å². The number of hydrazone groups is 1. The molecule has 1 aromatic carbocycles. The molecule has 3 rings (SSSR count). The van der Waals surface area contributed by atoms with Crippen molar-refractivity contribution in [1.82, 2.24) is 15.0 Å². The number of para-hydroxylation sites is 2. The zero-order valence-electron chi connectivity index (χ0n) is 11.5. The molecule has 0 aliphatic carbocycles. The van der Waals surface area contributed by atoms with E-state index in [1.807, 2.05) is 53.3 Å². The lowest BCUT2D eigenvalue weighted by molar-refractivity contribution is -0.121. The maximum Gasteiger partial charge on any atom is 0.260 e. The summed E-state index contributed by atoms with van der Waals surface area (Å²) in [4.78, 5) is 17.4. The van der Waals surface area contributed by atoms with Gasteiger partial charge in [0.1, 0.15) is 12.4 Å². The van der Waals surface area contributed by atoms with Crippen molar-refractivity contribution in [3.8, 4) is 0 Å². The molecule has 0 saturated carbocycles. The van der Waals surface area contributed by atoms with Gasteiger partial charge in [0.05, 0.1) is 17.2 Å². The number of nitrogens with one attached hydrogen (secondary N) is 1. The molecule has 0 spiro atoms. The Hall–Kier alpha value is -2.47. The Morgan fingerprint density at radius 3 is 3.05 bits per heavy atom. The summed E-state index contributed by atoms with van der Waals surface area (Å²) < 4.78 is 1.88. The monoisotopic (exact) mass is 298 g/mol. The number of fused-ring (bicyclic) bond motifs is 1. The highest BCUT2D eigenvalue weighted by molar-refractivity contribution is 7.11. The van der Waals surface area contributed by atoms with Crippen LogP contribution in [-0.2, 0) is 11.3 Å². The normalized spacial score (nSPS) is 11.3. The first kappa shape index (κ1) is 13.5. The lowest BCUT2D eigenvalue weighted by Gasteiger charge is -2.05. The van der Waals surface area contributed by atoms with Crippen molar-refractivity contribution in [2.24, 2.45) is 5.10 Å². The average molecular weight is 298 g/mol. The van der Waals surface area contributed by atoms with E-state index in [0.717, 1.165) is 21.7 Å². The summed E-state index contributed by atoms with van der Waals surface area (Å²) in [6.07, 6.45) is 1.64. The number of nitrogens with zero attached hydrogens (tertiary/aromatic N) is 3. The van der Waals surface area contributed by atoms with E-state index in [2.05, 4.69) is 15.5 Å². The van der Waals surface area contributed by atoms with Crippen molar-refractivity contribution in [2.75, 3.05) is 0 Å². The van der Waals surface area contributed by atoms with Crippen molar-refractivity contribution in [2.45, 2.75) is 13.5 Å². The number of carbonyl (C=O) groups is 1. The van der Waals surface area contributed by atoms with E-state index in [9.17, 15) is 4.79 Å². The molecule has 0 fully saturated rings. The van der Waals surface area contributed by atoms with E-state index < -0.39 is 0 Å². The van der Waals surface area contributed by atoms with E-state index in [1.165, 1.54) is 0 Å². The van der Waals surface area contributed by atoms with Crippen molar-refractivity contribution in [1.29, 1.82) is 0 Å². The molecule has 106 valence electrons. The molecule has 3 aromatic rings. The minimum atomic E-state index is -0.172. The standard InChI is InChI=1S/C15H14N4OS/c1-11-17-13-6-2-3-7-14(13)19(11)10-15(20)18-16-9-12-5-4-8-21-12/h2-9H,10H2,1H3,(H,18,20)/b16-9+. The Balaban J connectivity index is 1.70. The highest BCUT2D eigenvalue weighted by Crippen LogP contribution is 2.14. The Bertz CT molecular complexity index is 789. The Morgan fingerprint density at radius 2 is 2.24 bits per heavy atom. The largest absolute Gasteiger partial charge is 0.319 e. The maximum absolute atomic E-state index is 12.0. The predicted molar refractivity (Wildman–Crippen MR) is 84.5 cm³/mol. The third kappa shape index (κ3) is 3.00. The first-order chi connectivity index (χ1) is 10.2. The quantitative estimate of drug-likeness (QED) is 0.594. The molecule has 5 nitrogen and oxygen atoms in total. The van der Waals surface area contributed by atoms with Gasteiger partial charge in [0.15, 0.2) is 0 Å². The summed E-state index contributed by atoms with van der Waals surface area (Å²) in [7, 11) is 0. The number of hydrogen-bond donors (Lipinski definition) is 1. The van der Waals surface area contributed by atoms with Gasteiger partial charge in [-0.3, -0.25) is 4.79 Å². The van der Waals surface area contributed by atoms with Gasteiger partial charge in [0.2, 0.25) is 0 Å². The number of aromatic nitrogens is 2. The second kappa shape index (κ2) is 5.88. The van der Waals surface area contributed by atoms with E-state index in [1.54, 1.807) is 17.6 Å². The van der Waals surface area contributed by atoms with Gasteiger partial charge in [-0.2, -0.15) is 5.10 Å². The summed E-state index contributed by atoms with van der Waals surface area (Å²) in [6, 6.07) is 11.6. The fourth-order valence-electron chi connectivity index (χ4n) is 2.11. The van der Waals surface area contributed by atoms with Gasteiger partial charge >= 0.3 is 0 Å². The van der Waals surface area contributed by atoms with Crippen LogP contribution in [0.1, 0.15) is 10.7 Å². The lowest BCUT2D eigenvalue weighted by Crippen LogP contribution is -2.23. The van der Waals surface area contributed by atoms with Gasteiger partial charge in [0.25, 0.3) is 5.91 Å². The number of carbonyl (C=O) groups excluding carboxylic acids is 1. The second-order valence-electron chi connectivity index (χ2n) is 4.54. The molecule has 21 heavy (non-hydrogen) atoms. The molecule has 0 saturated heterocycles. The van der Waals surface area contributed by atoms with Crippen LogP contribution in [-0.4, -0.2) is 21.7 Å². The molecule has 0 aliphatic heterocycles. The third-order valence-corrected chi connectivity index (χ3v) is 3.88. The van der Waals surface area contributed by atoms with Gasteiger partial charge in [-0.25, -0.2) is 10.4 Å². The minimum absolute atomic E-state index is 0.172. The lowest BCUT2D eigenvalue weighted by atomic mass is 10.3. The summed E-state index contributed by atoms with van der Waals surface area (Å²) in [5.41, 5.74) is 4.38. The number of hydrogen-bond acceptors (Lipinski definition) is 4. The molecule has 0 radical (unpaired) electrons. The second-order valence-corrected chi connectivity index (χ2v) is 5.52. The van der Waals surface area contributed by atoms with Crippen LogP contribution in [0.4, 0.5) is 0 Å². The van der Waals surface area contributed by atoms with Crippen LogP contribution < -0.4 is 5.43 Å². The highest BCUT2D eigenvalue weighted by atomic mass is 32.1. The van der Waals surface area contributed by atoms with Crippen LogP contribution in [0.15, 0.2) is 46.9 Å². The number of rotatable bonds is 4. The number of benzene rings is 1. The first-order valence-electron chi connectivity index (χ1n) is 6.51. The minimum Gasteiger partial charge on any atom is -0.319 e. The Morgan fingerprint density at radius 1 is 1.38 bits per heavy atom. The van der Waals surface area contributed by atoms with E-state index >= 15 is 0 Å². The van der Waals surface area contributed by atoms with Crippen LogP contribution in [0, 0.1) is 6.92 Å². The first-order valence-corrected chi connectivity index (χ1v) is 7.39. The zero-order chi connectivity index (χ0) is 14.7. The van der Waals surface area contributed by atoms with E-state index in [-0.39, 0.29) is 12.5 Å². The summed E-state index contributed by atoms with van der Waals surface area (Å²) in [6.45, 7) is 2.09. The Labute approximate surface area is 125 Å². The molecular formula is C15H14N4OS. The van der Waals surface area contributed by atoms with Crippen LogP contribution in [0.2, 0.25) is 0 Å². The third-order valence-electron chi connectivity index (χ3n) is 3.07. The molecule has 2 heterocycles. The molecule has 1 N–H and O–H groups in total. The van der Waals surface area contributed by atoms with Crippen LogP contribution in [0.5, 0.6) is 0 Å². The molecule has 0 bridgehead atoms. The molecule has 1 amide bonds. The molecule has 6 heteroatoms.